The van der Waals surface area contributed by atoms with E-state index in [1.807, 2.05) is 0 Å². The Morgan fingerprint density at radius 3 is 0.745 bits per heavy atom. The van der Waals surface area contributed by atoms with Crippen molar-refractivity contribution in [3.8, 4) is 0 Å². The van der Waals surface area contributed by atoms with Crippen LogP contribution in [-0.2, 0) is 65.4 Å². The molecule has 17 nitrogen and oxygen atoms in total. The number of esters is 4. The van der Waals surface area contributed by atoms with Crippen molar-refractivity contribution >= 4 is 39.5 Å². The van der Waals surface area contributed by atoms with Crippen molar-refractivity contribution in [1.82, 2.24) is 0 Å². The van der Waals surface area contributed by atoms with Crippen LogP contribution in [0.5, 0.6) is 0 Å². The Hall–Kier alpha value is -1.94. The van der Waals surface area contributed by atoms with E-state index in [2.05, 4.69) is 41.5 Å². The molecule has 0 rings (SSSR count). The molecule has 0 aromatic rings. The molecular weight excluding hydrogens is 1330 g/mol. The van der Waals surface area contributed by atoms with Crippen molar-refractivity contribution in [1.29, 1.82) is 0 Å². The number of phosphoric acid groups is 2. The maximum atomic E-state index is 13.1. The zero-order valence-electron chi connectivity index (χ0n) is 66.9. The van der Waals surface area contributed by atoms with E-state index < -0.39 is 97.5 Å². The first kappa shape index (κ1) is 100. The maximum absolute atomic E-state index is 13.1. The van der Waals surface area contributed by atoms with Gasteiger partial charge in [-0.05, 0) is 37.5 Å². The minimum atomic E-state index is -4.96. The Labute approximate surface area is 626 Å². The highest BCUT2D eigenvalue weighted by Gasteiger charge is 2.30. The molecule has 0 spiro atoms. The van der Waals surface area contributed by atoms with Gasteiger partial charge in [0.15, 0.2) is 12.2 Å². The van der Waals surface area contributed by atoms with Gasteiger partial charge in [-0.3, -0.25) is 37.3 Å². The van der Waals surface area contributed by atoms with E-state index in [4.69, 9.17) is 37.0 Å². The third kappa shape index (κ3) is 74.9. The predicted molar refractivity (Wildman–Crippen MR) is 418 cm³/mol. The lowest BCUT2D eigenvalue weighted by Crippen LogP contribution is -2.30. The molecule has 0 aliphatic rings. The number of hydrogen-bond donors (Lipinski definition) is 3. The van der Waals surface area contributed by atoms with Gasteiger partial charge in [-0.15, -0.1) is 0 Å². The molecular formula is C83H162O17P2. The number of carbonyl (C=O) groups excluding carboxylic acids is 4. The smallest absolute Gasteiger partial charge is 0.462 e. The molecule has 606 valence electrons. The zero-order valence-corrected chi connectivity index (χ0v) is 68.7. The number of rotatable bonds is 82. The number of hydrogen-bond acceptors (Lipinski definition) is 15. The first-order valence-corrected chi connectivity index (χ1v) is 46.0. The number of carbonyl (C=O) groups is 4. The lowest BCUT2D eigenvalue weighted by Gasteiger charge is -2.21. The second-order valence-corrected chi connectivity index (χ2v) is 33.5. The van der Waals surface area contributed by atoms with Gasteiger partial charge in [-0.1, -0.05) is 388 Å². The van der Waals surface area contributed by atoms with Crippen molar-refractivity contribution in [2.45, 2.75) is 458 Å². The third-order valence-corrected chi connectivity index (χ3v) is 21.7. The molecule has 0 saturated heterocycles. The van der Waals surface area contributed by atoms with E-state index in [0.717, 1.165) is 102 Å². The van der Waals surface area contributed by atoms with Crippen molar-refractivity contribution < 1.29 is 80.2 Å². The van der Waals surface area contributed by atoms with E-state index in [1.54, 1.807) is 0 Å². The number of unbranched alkanes of at least 4 members (excludes halogenated alkanes) is 51. The quantitative estimate of drug-likeness (QED) is 0.0222. The summed E-state index contributed by atoms with van der Waals surface area (Å²) in [6.07, 6.45) is 65.2. The van der Waals surface area contributed by atoms with E-state index in [1.165, 1.54) is 257 Å². The number of phosphoric ester groups is 2. The summed E-state index contributed by atoms with van der Waals surface area (Å²) in [7, 11) is -9.92. The second kappa shape index (κ2) is 74.5. The van der Waals surface area contributed by atoms with Crippen molar-refractivity contribution in [3.05, 3.63) is 0 Å². The molecule has 0 aromatic heterocycles. The van der Waals surface area contributed by atoms with Gasteiger partial charge in [-0.2, -0.15) is 0 Å². The monoisotopic (exact) mass is 1490 g/mol. The Morgan fingerprint density at radius 2 is 0.500 bits per heavy atom. The largest absolute Gasteiger partial charge is 0.472 e. The van der Waals surface area contributed by atoms with Gasteiger partial charge in [-0.25, -0.2) is 9.13 Å². The molecule has 3 unspecified atom stereocenters. The molecule has 0 saturated carbocycles. The summed E-state index contributed by atoms with van der Waals surface area (Å²) in [4.78, 5) is 73.1. The summed E-state index contributed by atoms with van der Waals surface area (Å²) in [6, 6.07) is 0. The molecule has 0 aliphatic carbocycles. The molecule has 6 atom stereocenters. The summed E-state index contributed by atoms with van der Waals surface area (Å²) in [5, 5.41) is 10.7. The fraction of sp³-hybridized carbons (Fsp3) is 0.952. The van der Waals surface area contributed by atoms with Gasteiger partial charge in [0.25, 0.3) is 0 Å². The van der Waals surface area contributed by atoms with Crippen molar-refractivity contribution in [2.24, 2.45) is 11.8 Å². The van der Waals surface area contributed by atoms with Crippen LogP contribution < -0.4 is 0 Å². The number of aliphatic hydroxyl groups excluding tert-OH is 1. The van der Waals surface area contributed by atoms with Crippen LogP contribution in [0.3, 0.4) is 0 Å². The van der Waals surface area contributed by atoms with Crippen LogP contribution in [0, 0.1) is 11.8 Å². The SMILES string of the molecule is CCCCCCCCCCCCCCCCCCCCCCC(=O)O[C@H](COC(=O)CCCCCCCCCCCCCCCCCCC)COP(=O)(O)OC[C@@H](O)COP(=O)(O)OC[C@@H](COC(=O)CCCCCCCCCCC(C)C)OC(=O)CCCCCCCCCCCCC(C)CC. The molecule has 0 aliphatic heterocycles. The minimum absolute atomic E-state index is 0.106. The summed E-state index contributed by atoms with van der Waals surface area (Å²) in [6.45, 7) is 9.64. The van der Waals surface area contributed by atoms with Gasteiger partial charge >= 0.3 is 39.5 Å². The Kier molecular flexibility index (Phi) is 73.1. The Morgan fingerprint density at radius 1 is 0.284 bits per heavy atom. The Bertz CT molecular complexity index is 1960. The predicted octanol–water partition coefficient (Wildman–Crippen LogP) is 25.1. The number of ether oxygens (including phenoxy) is 4. The zero-order chi connectivity index (χ0) is 74.9. The Balaban J connectivity index is 5.25. The topological polar surface area (TPSA) is 237 Å². The average Bonchev–Trinajstić information content (AvgIpc) is 0.955. The highest BCUT2D eigenvalue weighted by atomic mass is 31.2. The van der Waals surface area contributed by atoms with Gasteiger partial charge in [0.2, 0.25) is 0 Å². The van der Waals surface area contributed by atoms with Crippen LogP contribution in [0.4, 0.5) is 0 Å². The molecule has 0 aromatic carbocycles. The van der Waals surface area contributed by atoms with E-state index in [0.29, 0.717) is 25.7 Å². The van der Waals surface area contributed by atoms with E-state index >= 15 is 0 Å². The van der Waals surface area contributed by atoms with Crippen LogP contribution in [-0.4, -0.2) is 96.7 Å². The molecule has 0 bridgehead atoms. The van der Waals surface area contributed by atoms with E-state index in [-0.39, 0.29) is 25.7 Å². The van der Waals surface area contributed by atoms with E-state index in [9.17, 15) is 43.2 Å². The van der Waals surface area contributed by atoms with Crippen molar-refractivity contribution in [3.63, 3.8) is 0 Å². The van der Waals surface area contributed by atoms with Crippen molar-refractivity contribution in [2.75, 3.05) is 39.6 Å². The van der Waals surface area contributed by atoms with Crippen LogP contribution >= 0.6 is 15.6 Å². The summed E-state index contributed by atoms with van der Waals surface area (Å²) in [5.41, 5.74) is 0. The van der Waals surface area contributed by atoms with Crippen LogP contribution in [0.1, 0.15) is 440 Å². The molecule has 19 heteroatoms. The first-order valence-electron chi connectivity index (χ1n) is 43.0. The lowest BCUT2D eigenvalue weighted by atomic mass is 9.99. The lowest BCUT2D eigenvalue weighted by molar-refractivity contribution is -0.161. The summed E-state index contributed by atoms with van der Waals surface area (Å²) in [5.74, 6) is -0.578. The molecule has 102 heavy (non-hydrogen) atoms. The molecule has 0 amide bonds. The molecule has 3 N–H and O–H groups in total. The normalized spacial score (nSPS) is 14.1. The highest BCUT2D eigenvalue weighted by molar-refractivity contribution is 7.47. The third-order valence-electron chi connectivity index (χ3n) is 19.8. The summed E-state index contributed by atoms with van der Waals surface area (Å²) >= 11 is 0. The standard InChI is InChI=1S/C83H162O17P2/c1-7-10-12-14-16-18-20-22-24-26-27-28-30-32-34-36-41-49-55-61-67-82(87)99-78(71-93-80(85)65-59-53-47-40-35-33-31-29-25-23-21-19-17-15-13-11-8-2)73-97-101(89,90)95-69-77(84)70-96-102(91,92)98-74-79(72-94-81(86)66-60-54-48-44-43-45-51-57-63-75(4)5)100-83(88)68-62-56-50-42-38-37-39-46-52-58-64-76(6)9-3/h75-79,84H,7-74H2,1-6H3,(H,89,90)(H,91,92)/t76?,77-,78-,79-/m1/s1. The molecule has 0 radical (unpaired) electrons. The molecule has 0 heterocycles. The second-order valence-electron chi connectivity index (χ2n) is 30.6. The van der Waals surface area contributed by atoms with Crippen LogP contribution in [0.25, 0.3) is 0 Å². The average molecular weight is 1490 g/mol. The van der Waals surface area contributed by atoms with Crippen LogP contribution in [0.2, 0.25) is 0 Å². The maximum Gasteiger partial charge on any atom is 0.472 e. The summed E-state index contributed by atoms with van der Waals surface area (Å²) < 4.78 is 68.8. The first-order chi connectivity index (χ1) is 49.4. The number of aliphatic hydroxyl groups is 1. The van der Waals surface area contributed by atoms with Crippen LogP contribution in [0.15, 0.2) is 0 Å². The fourth-order valence-corrected chi connectivity index (χ4v) is 14.4. The minimum Gasteiger partial charge on any atom is -0.462 e. The molecule has 0 fully saturated rings. The van der Waals surface area contributed by atoms with Gasteiger partial charge in [0, 0.05) is 25.7 Å². The van der Waals surface area contributed by atoms with Gasteiger partial charge < -0.3 is 33.8 Å². The van der Waals surface area contributed by atoms with Gasteiger partial charge in [0.1, 0.15) is 19.3 Å². The highest BCUT2D eigenvalue weighted by Crippen LogP contribution is 2.45. The fourth-order valence-electron chi connectivity index (χ4n) is 12.9. The van der Waals surface area contributed by atoms with Gasteiger partial charge in [0.05, 0.1) is 26.4 Å².